The van der Waals surface area contributed by atoms with E-state index in [4.69, 9.17) is 5.26 Å². The van der Waals surface area contributed by atoms with Crippen molar-refractivity contribution in [2.24, 2.45) is 0 Å². The molecule has 0 aliphatic rings. The molecule has 2 rings (SSSR count). The summed E-state index contributed by atoms with van der Waals surface area (Å²) >= 11 is 0. The molecule has 0 aliphatic heterocycles. The van der Waals surface area contributed by atoms with E-state index in [2.05, 4.69) is 30.4 Å². The summed E-state index contributed by atoms with van der Waals surface area (Å²) in [7, 11) is 0. The molecule has 2 aromatic carbocycles. The molecule has 1 unspecified atom stereocenters. The van der Waals surface area contributed by atoms with Gasteiger partial charge in [0.25, 0.3) is 0 Å². The summed E-state index contributed by atoms with van der Waals surface area (Å²) in [5, 5.41) is 12.4. The molecule has 1 atom stereocenters. The lowest BCUT2D eigenvalue weighted by molar-refractivity contribution is 0.627. The fourth-order valence-corrected chi connectivity index (χ4v) is 2.27. The molecular formula is C17H17FN2. The van der Waals surface area contributed by atoms with Crippen molar-refractivity contribution >= 4 is 5.69 Å². The van der Waals surface area contributed by atoms with Gasteiger partial charge in [-0.15, -0.1) is 0 Å². The maximum atomic E-state index is 13.1. The first-order valence-corrected chi connectivity index (χ1v) is 6.54. The number of halogens is 1. The highest BCUT2D eigenvalue weighted by molar-refractivity contribution is 5.58. The van der Waals surface area contributed by atoms with Gasteiger partial charge in [-0.2, -0.15) is 5.26 Å². The predicted octanol–water partition coefficient (Wildman–Crippen LogP) is 4.49. The number of rotatable bonds is 3. The van der Waals surface area contributed by atoms with E-state index in [0.29, 0.717) is 11.3 Å². The average Bonchev–Trinajstić information content (AvgIpc) is 2.43. The minimum absolute atomic E-state index is 0.0486. The second-order valence-electron chi connectivity index (χ2n) is 5.03. The summed E-state index contributed by atoms with van der Waals surface area (Å²) in [5.74, 6) is -0.397. The monoisotopic (exact) mass is 268 g/mol. The van der Waals surface area contributed by atoms with Crippen molar-refractivity contribution < 1.29 is 4.39 Å². The lowest BCUT2D eigenvalue weighted by atomic mass is 9.99. The van der Waals surface area contributed by atoms with Gasteiger partial charge in [-0.3, -0.25) is 0 Å². The number of nitrogens with one attached hydrogen (secondary N) is 1. The van der Waals surface area contributed by atoms with Crippen LogP contribution in [-0.4, -0.2) is 0 Å². The third kappa shape index (κ3) is 2.97. The van der Waals surface area contributed by atoms with E-state index < -0.39 is 5.82 Å². The zero-order valence-electron chi connectivity index (χ0n) is 11.9. The van der Waals surface area contributed by atoms with Gasteiger partial charge in [-0.25, -0.2) is 4.39 Å². The fraction of sp³-hybridized carbons (Fsp3) is 0.235. The molecule has 3 heteroatoms. The van der Waals surface area contributed by atoms with Gasteiger partial charge in [0, 0.05) is 6.04 Å². The molecule has 2 nitrogen and oxygen atoms in total. The Morgan fingerprint density at radius 2 is 1.90 bits per heavy atom. The fourth-order valence-electron chi connectivity index (χ4n) is 2.27. The van der Waals surface area contributed by atoms with Crippen LogP contribution < -0.4 is 5.32 Å². The minimum Gasteiger partial charge on any atom is -0.377 e. The van der Waals surface area contributed by atoms with Gasteiger partial charge in [-0.1, -0.05) is 23.8 Å². The first kappa shape index (κ1) is 14.1. The number of benzene rings is 2. The van der Waals surface area contributed by atoms with Crippen LogP contribution in [0.25, 0.3) is 0 Å². The van der Waals surface area contributed by atoms with E-state index in [1.54, 1.807) is 6.07 Å². The smallest absolute Gasteiger partial charge is 0.124 e. The Hall–Kier alpha value is -2.34. The number of hydrogen-bond acceptors (Lipinski definition) is 2. The maximum Gasteiger partial charge on any atom is 0.124 e. The van der Waals surface area contributed by atoms with Crippen molar-refractivity contribution in [2.75, 3.05) is 5.32 Å². The van der Waals surface area contributed by atoms with Crippen molar-refractivity contribution in [2.45, 2.75) is 26.8 Å². The van der Waals surface area contributed by atoms with Gasteiger partial charge in [0.1, 0.15) is 11.9 Å². The second kappa shape index (κ2) is 5.75. The van der Waals surface area contributed by atoms with E-state index in [0.717, 1.165) is 0 Å². The molecule has 0 fully saturated rings. The van der Waals surface area contributed by atoms with E-state index in [9.17, 15) is 4.39 Å². The van der Waals surface area contributed by atoms with Gasteiger partial charge in [0.2, 0.25) is 0 Å². The van der Waals surface area contributed by atoms with Gasteiger partial charge in [0.15, 0.2) is 0 Å². The summed E-state index contributed by atoms with van der Waals surface area (Å²) in [6.07, 6.45) is 0. The molecule has 0 heterocycles. The Balaban J connectivity index is 2.30. The number of hydrogen-bond donors (Lipinski definition) is 1. The van der Waals surface area contributed by atoms with Gasteiger partial charge in [-0.05, 0) is 50.1 Å². The Labute approximate surface area is 118 Å². The molecule has 0 saturated heterocycles. The van der Waals surface area contributed by atoms with Crippen LogP contribution in [0.1, 0.15) is 35.2 Å². The molecule has 0 aliphatic carbocycles. The van der Waals surface area contributed by atoms with Crippen LogP contribution in [0.2, 0.25) is 0 Å². The van der Waals surface area contributed by atoms with Crippen LogP contribution >= 0.6 is 0 Å². The molecule has 0 bridgehead atoms. The Morgan fingerprint density at radius 1 is 1.15 bits per heavy atom. The average molecular weight is 268 g/mol. The van der Waals surface area contributed by atoms with Crippen molar-refractivity contribution in [3.63, 3.8) is 0 Å². The van der Waals surface area contributed by atoms with Crippen molar-refractivity contribution in [3.05, 3.63) is 64.5 Å². The maximum absolute atomic E-state index is 13.1. The number of nitriles is 1. The molecule has 0 amide bonds. The number of aryl methyl sites for hydroxylation is 2. The Kier molecular flexibility index (Phi) is 4.05. The Morgan fingerprint density at radius 3 is 2.60 bits per heavy atom. The summed E-state index contributed by atoms with van der Waals surface area (Å²) in [4.78, 5) is 0. The molecular weight excluding hydrogens is 251 g/mol. The van der Waals surface area contributed by atoms with Crippen LogP contribution in [0.3, 0.4) is 0 Å². The highest BCUT2D eigenvalue weighted by Gasteiger charge is 2.11. The van der Waals surface area contributed by atoms with Crippen molar-refractivity contribution in [1.29, 1.82) is 5.26 Å². The highest BCUT2D eigenvalue weighted by Crippen LogP contribution is 2.25. The third-order valence-corrected chi connectivity index (χ3v) is 3.38. The largest absolute Gasteiger partial charge is 0.377 e. The molecule has 0 radical (unpaired) electrons. The first-order valence-electron chi connectivity index (χ1n) is 6.54. The third-order valence-electron chi connectivity index (χ3n) is 3.38. The SMILES string of the molecule is Cc1ccc(C)c(C(C)Nc2ccc(F)cc2C#N)c1. The second-order valence-corrected chi connectivity index (χ2v) is 5.03. The van der Waals surface area contributed by atoms with Crippen molar-refractivity contribution in [3.8, 4) is 6.07 Å². The molecule has 0 saturated carbocycles. The Bertz CT molecular complexity index is 671. The van der Waals surface area contributed by atoms with Crippen LogP contribution in [0.15, 0.2) is 36.4 Å². The summed E-state index contributed by atoms with van der Waals surface area (Å²) in [6, 6.07) is 12.6. The van der Waals surface area contributed by atoms with Crippen LogP contribution in [0, 0.1) is 31.0 Å². The standard InChI is InChI=1S/C17H17FN2/c1-11-4-5-12(2)16(8-11)13(3)20-17-7-6-15(18)9-14(17)10-19/h4-9,13,20H,1-3H3. The number of nitrogens with zero attached hydrogens (tertiary/aromatic N) is 1. The zero-order valence-corrected chi connectivity index (χ0v) is 11.9. The van der Waals surface area contributed by atoms with Crippen molar-refractivity contribution in [1.82, 2.24) is 0 Å². The molecule has 1 N–H and O–H groups in total. The molecule has 0 spiro atoms. The zero-order chi connectivity index (χ0) is 14.7. The highest BCUT2D eigenvalue weighted by atomic mass is 19.1. The lowest BCUT2D eigenvalue weighted by Crippen LogP contribution is -2.09. The quantitative estimate of drug-likeness (QED) is 0.890. The number of anilines is 1. The van der Waals surface area contributed by atoms with E-state index in [1.165, 1.54) is 28.8 Å². The lowest BCUT2D eigenvalue weighted by Gasteiger charge is -2.19. The summed E-state index contributed by atoms with van der Waals surface area (Å²) in [6.45, 7) is 6.14. The minimum atomic E-state index is -0.397. The van der Waals surface area contributed by atoms with Gasteiger partial charge >= 0.3 is 0 Å². The predicted molar refractivity (Wildman–Crippen MR) is 79.1 cm³/mol. The van der Waals surface area contributed by atoms with E-state index in [-0.39, 0.29) is 6.04 Å². The van der Waals surface area contributed by atoms with Crippen LogP contribution in [0.5, 0.6) is 0 Å². The van der Waals surface area contributed by atoms with E-state index >= 15 is 0 Å². The molecule has 0 aromatic heterocycles. The first-order chi connectivity index (χ1) is 9.51. The van der Waals surface area contributed by atoms with Gasteiger partial charge in [0.05, 0.1) is 11.3 Å². The van der Waals surface area contributed by atoms with E-state index in [1.807, 2.05) is 19.9 Å². The summed E-state index contributed by atoms with van der Waals surface area (Å²) in [5.41, 5.74) is 4.54. The van der Waals surface area contributed by atoms with Crippen LogP contribution in [0.4, 0.5) is 10.1 Å². The van der Waals surface area contributed by atoms with Crippen LogP contribution in [-0.2, 0) is 0 Å². The summed E-state index contributed by atoms with van der Waals surface area (Å²) < 4.78 is 13.1. The molecule has 102 valence electrons. The van der Waals surface area contributed by atoms with Gasteiger partial charge < -0.3 is 5.32 Å². The molecule has 20 heavy (non-hydrogen) atoms. The topological polar surface area (TPSA) is 35.8 Å². The molecule has 2 aromatic rings. The normalized spacial score (nSPS) is 11.8.